The number of thioether (sulfide) groups is 1. The highest BCUT2D eigenvalue weighted by Crippen LogP contribution is 2.32. The van der Waals surface area contributed by atoms with E-state index in [2.05, 4.69) is 23.8 Å². The zero-order chi connectivity index (χ0) is 14.3. The third-order valence-corrected chi connectivity index (χ3v) is 3.89. The molecule has 0 aliphatic rings. The van der Waals surface area contributed by atoms with E-state index in [1.165, 1.54) is 0 Å². The topological polar surface area (TPSA) is 67.2 Å². The Hall–Kier alpha value is -1.43. The standard InChI is InChI=1S/C13H21N3O2S/c1-4-14-11-6-5-7-12(13(11)16(17)18)15-9-8-10(2)19-3/h5-7,10,14-15H,4,8-9H2,1-3H3. The van der Waals surface area contributed by atoms with Gasteiger partial charge in [-0.1, -0.05) is 13.0 Å². The number of nitrogens with one attached hydrogen (secondary N) is 2. The maximum Gasteiger partial charge on any atom is 0.315 e. The van der Waals surface area contributed by atoms with Crippen LogP contribution in [0.1, 0.15) is 20.3 Å². The Bertz CT molecular complexity index is 426. The zero-order valence-corrected chi connectivity index (χ0v) is 12.4. The SMILES string of the molecule is CCNc1cccc(NCCC(C)SC)c1[N+](=O)[O-]. The van der Waals surface area contributed by atoms with Crippen molar-refractivity contribution in [2.24, 2.45) is 0 Å². The van der Waals surface area contributed by atoms with Crippen molar-refractivity contribution in [1.82, 2.24) is 0 Å². The van der Waals surface area contributed by atoms with E-state index in [1.807, 2.05) is 13.0 Å². The predicted molar refractivity (Wildman–Crippen MR) is 83.3 cm³/mol. The molecule has 0 aromatic heterocycles. The highest BCUT2D eigenvalue weighted by molar-refractivity contribution is 7.99. The molecule has 5 nitrogen and oxygen atoms in total. The molecule has 2 N–H and O–H groups in total. The summed E-state index contributed by atoms with van der Waals surface area (Å²) in [7, 11) is 0. The molecule has 0 aliphatic carbocycles. The number of rotatable bonds is 8. The van der Waals surface area contributed by atoms with Crippen LogP contribution < -0.4 is 10.6 Å². The molecule has 1 aromatic rings. The van der Waals surface area contributed by atoms with Crippen molar-refractivity contribution in [2.45, 2.75) is 25.5 Å². The Morgan fingerprint density at radius 2 is 2.00 bits per heavy atom. The first-order valence-electron chi connectivity index (χ1n) is 6.38. The van der Waals surface area contributed by atoms with E-state index in [0.29, 0.717) is 23.2 Å². The Balaban J connectivity index is 2.81. The molecular formula is C13H21N3O2S. The molecule has 19 heavy (non-hydrogen) atoms. The monoisotopic (exact) mass is 283 g/mol. The van der Waals surface area contributed by atoms with E-state index in [9.17, 15) is 10.1 Å². The number of nitro benzene ring substituents is 1. The normalized spacial score (nSPS) is 11.9. The van der Waals surface area contributed by atoms with Gasteiger partial charge in [-0.05, 0) is 31.7 Å². The van der Waals surface area contributed by atoms with Gasteiger partial charge < -0.3 is 10.6 Å². The number of hydrogen-bond acceptors (Lipinski definition) is 5. The van der Waals surface area contributed by atoms with Crippen molar-refractivity contribution >= 4 is 28.8 Å². The second-order valence-electron chi connectivity index (χ2n) is 4.25. The van der Waals surface area contributed by atoms with Crippen molar-refractivity contribution in [3.8, 4) is 0 Å². The van der Waals surface area contributed by atoms with E-state index in [0.717, 1.165) is 13.0 Å². The Kier molecular flexibility index (Phi) is 6.49. The molecule has 1 aromatic carbocycles. The number of benzene rings is 1. The minimum Gasteiger partial charge on any atom is -0.380 e. The van der Waals surface area contributed by atoms with Crippen molar-refractivity contribution in [2.75, 3.05) is 30.0 Å². The third-order valence-electron chi connectivity index (χ3n) is 2.85. The largest absolute Gasteiger partial charge is 0.380 e. The van der Waals surface area contributed by atoms with Gasteiger partial charge in [-0.25, -0.2) is 0 Å². The molecule has 0 aliphatic heterocycles. The van der Waals surface area contributed by atoms with E-state index < -0.39 is 0 Å². The van der Waals surface area contributed by atoms with Gasteiger partial charge in [0.2, 0.25) is 0 Å². The number of nitrogens with zero attached hydrogens (tertiary/aromatic N) is 1. The fourth-order valence-electron chi connectivity index (χ4n) is 1.74. The smallest absolute Gasteiger partial charge is 0.315 e. The first-order valence-corrected chi connectivity index (χ1v) is 7.66. The van der Waals surface area contributed by atoms with E-state index in [1.54, 1.807) is 23.9 Å². The fourth-order valence-corrected chi connectivity index (χ4v) is 2.10. The Labute approximate surface area is 118 Å². The highest BCUT2D eigenvalue weighted by Gasteiger charge is 2.18. The lowest BCUT2D eigenvalue weighted by Gasteiger charge is -2.12. The number of anilines is 2. The molecule has 0 saturated carbocycles. The summed E-state index contributed by atoms with van der Waals surface area (Å²) < 4.78 is 0. The van der Waals surface area contributed by atoms with Crippen LogP contribution in [-0.4, -0.2) is 29.5 Å². The Morgan fingerprint density at radius 3 is 2.53 bits per heavy atom. The summed E-state index contributed by atoms with van der Waals surface area (Å²) in [4.78, 5) is 10.9. The zero-order valence-electron chi connectivity index (χ0n) is 11.6. The van der Waals surface area contributed by atoms with Gasteiger partial charge in [0.05, 0.1) is 4.92 Å². The van der Waals surface area contributed by atoms with Gasteiger partial charge >= 0.3 is 5.69 Å². The van der Waals surface area contributed by atoms with Gasteiger partial charge in [0.1, 0.15) is 11.4 Å². The number of para-hydroxylation sites is 1. The number of nitro groups is 1. The molecule has 0 bridgehead atoms. The molecule has 0 amide bonds. The van der Waals surface area contributed by atoms with Crippen LogP contribution in [0.15, 0.2) is 18.2 Å². The first-order chi connectivity index (χ1) is 9.10. The van der Waals surface area contributed by atoms with Crippen LogP contribution in [0.3, 0.4) is 0 Å². The van der Waals surface area contributed by atoms with Crippen molar-refractivity contribution < 1.29 is 4.92 Å². The van der Waals surface area contributed by atoms with Crippen molar-refractivity contribution in [3.63, 3.8) is 0 Å². The number of hydrogen-bond donors (Lipinski definition) is 2. The minimum atomic E-state index is -0.335. The van der Waals surface area contributed by atoms with Gasteiger partial charge in [0.15, 0.2) is 0 Å². The summed E-state index contributed by atoms with van der Waals surface area (Å²) >= 11 is 1.80. The first kappa shape index (κ1) is 15.6. The molecular weight excluding hydrogens is 262 g/mol. The summed E-state index contributed by atoms with van der Waals surface area (Å²) in [6.07, 6.45) is 3.04. The molecule has 0 spiro atoms. The maximum absolute atomic E-state index is 11.2. The summed E-state index contributed by atoms with van der Waals surface area (Å²) in [5.41, 5.74) is 1.27. The van der Waals surface area contributed by atoms with Crippen LogP contribution in [0.4, 0.5) is 17.1 Å². The molecule has 1 atom stereocenters. The second kappa shape index (κ2) is 7.89. The molecule has 1 unspecified atom stereocenters. The van der Waals surface area contributed by atoms with Gasteiger partial charge in [-0.15, -0.1) is 0 Å². The van der Waals surface area contributed by atoms with Crippen molar-refractivity contribution in [3.05, 3.63) is 28.3 Å². The minimum absolute atomic E-state index is 0.126. The predicted octanol–water partition coefficient (Wildman–Crippen LogP) is 3.58. The lowest BCUT2D eigenvalue weighted by atomic mass is 10.2. The highest BCUT2D eigenvalue weighted by atomic mass is 32.2. The van der Waals surface area contributed by atoms with Gasteiger partial charge in [0, 0.05) is 18.3 Å². The van der Waals surface area contributed by atoms with Crippen LogP contribution >= 0.6 is 11.8 Å². The van der Waals surface area contributed by atoms with Crippen molar-refractivity contribution in [1.29, 1.82) is 0 Å². The average Bonchev–Trinajstić information content (AvgIpc) is 2.38. The van der Waals surface area contributed by atoms with E-state index >= 15 is 0 Å². The summed E-state index contributed by atoms with van der Waals surface area (Å²) in [6.45, 7) is 5.46. The quantitative estimate of drug-likeness (QED) is 0.564. The molecule has 0 saturated heterocycles. The van der Waals surface area contributed by atoms with Crippen LogP contribution in [0.2, 0.25) is 0 Å². The lowest BCUT2D eigenvalue weighted by Crippen LogP contribution is -2.10. The second-order valence-corrected chi connectivity index (χ2v) is 5.53. The summed E-state index contributed by atoms with van der Waals surface area (Å²) in [5.74, 6) is 0. The van der Waals surface area contributed by atoms with Crippen LogP contribution in [-0.2, 0) is 0 Å². The fraction of sp³-hybridized carbons (Fsp3) is 0.538. The van der Waals surface area contributed by atoms with E-state index in [-0.39, 0.29) is 10.6 Å². The average molecular weight is 283 g/mol. The van der Waals surface area contributed by atoms with Crippen LogP contribution in [0.25, 0.3) is 0 Å². The molecule has 0 heterocycles. The lowest BCUT2D eigenvalue weighted by molar-refractivity contribution is -0.383. The maximum atomic E-state index is 11.2. The summed E-state index contributed by atoms with van der Waals surface area (Å²) in [6, 6.07) is 5.31. The van der Waals surface area contributed by atoms with E-state index in [4.69, 9.17) is 0 Å². The molecule has 0 radical (unpaired) electrons. The molecule has 0 fully saturated rings. The molecule has 6 heteroatoms. The van der Waals surface area contributed by atoms with Gasteiger partial charge in [-0.2, -0.15) is 11.8 Å². The molecule has 106 valence electrons. The summed E-state index contributed by atoms with van der Waals surface area (Å²) in [5, 5.41) is 17.9. The molecule has 1 rings (SSSR count). The third kappa shape index (κ3) is 4.63. The van der Waals surface area contributed by atoms with Gasteiger partial charge in [-0.3, -0.25) is 10.1 Å². The van der Waals surface area contributed by atoms with Crippen LogP contribution in [0, 0.1) is 10.1 Å². The van der Waals surface area contributed by atoms with Gasteiger partial charge in [0.25, 0.3) is 0 Å². The Morgan fingerprint density at radius 1 is 1.37 bits per heavy atom. The van der Waals surface area contributed by atoms with Crippen LogP contribution in [0.5, 0.6) is 0 Å².